The zero-order valence-electron chi connectivity index (χ0n) is 11.4. The summed E-state index contributed by atoms with van der Waals surface area (Å²) in [7, 11) is 1.72. The van der Waals surface area contributed by atoms with Gasteiger partial charge in [-0.05, 0) is 6.92 Å². The largest absolute Gasteiger partial charge is 0.394 e. The van der Waals surface area contributed by atoms with Crippen LogP contribution in [-0.4, -0.2) is 61.9 Å². The minimum absolute atomic E-state index is 0.0571. The minimum atomic E-state index is -4.27. The molecule has 0 aliphatic heterocycles. The standard InChI is InChI=1S/C11H19F3N4O2/c1-8-15-16-10(17(8)2)6-18(5-9(20)7-19)4-3-11(12,13)14/h9,19-20H,3-7H2,1-2H3/t9-/m0/s1. The van der Waals surface area contributed by atoms with Crippen molar-refractivity contribution in [2.75, 3.05) is 19.7 Å². The zero-order chi connectivity index (χ0) is 15.3. The van der Waals surface area contributed by atoms with E-state index in [4.69, 9.17) is 5.11 Å². The summed E-state index contributed by atoms with van der Waals surface area (Å²) in [6.45, 7) is 1.04. The molecule has 9 heteroatoms. The number of aliphatic hydroxyl groups is 2. The maximum atomic E-state index is 12.3. The van der Waals surface area contributed by atoms with Crippen LogP contribution in [0.1, 0.15) is 18.1 Å². The highest BCUT2D eigenvalue weighted by molar-refractivity contribution is 4.92. The van der Waals surface area contributed by atoms with Gasteiger partial charge in [0.25, 0.3) is 0 Å². The van der Waals surface area contributed by atoms with Gasteiger partial charge >= 0.3 is 6.18 Å². The smallest absolute Gasteiger partial charge is 0.390 e. The Morgan fingerprint density at radius 3 is 2.45 bits per heavy atom. The lowest BCUT2D eigenvalue weighted by Gasteiger charge is -2.24. The molecule has 0 radical (unpaired) electrons. The van der Waals surface area contributed by atoms with E-state index in [0.717, 1.165) is 0 Å². The molecule has 0 aromatic carbocycles. The molecule has 1 aromatic rings. The lowest BCUT2D eigenvalue weighted by atomic mass is 10.3. The van der Waals surface area contributed by atoms with E-state index in [1.807, 2.05) is 0 Å². The van der Waals surface area contributed by atoms with Crippen molar-refractivity contribution in [3.8, 4) is 0 Å². The number of aliphatic hydroxyl groups excluding tert-OH is 2. The van der Waals surface area contributed by atoms with Crippen molar-refractivity contribution in [3.63, 3.8) is 0 Å². The van der Waals surface area contributed by atoms with Gasteiger partial charge in [-0.2, -0.15) is 13.2 Å². The number of aromatic nitrogens is 3. The Balaban J connectivity index is 2.69. The fourth-order valence-electron chi connectivity index (χ4n) is 1.66. The van der Waals surface area contributed by atoms with E-state index in [0.29, 0.717) is 11.6 Å². The van der Waals surface area contributed by atoms with Crippen LogP contribution in [0.25, 0.3) is 0 Å². The third-order valence-electron chi connectivity index (χ3n) is 2.94. The summed E-state index contributed by atoms with van der Waals surface area (Å²) in [6, 6.07) is 0. The summed E-state index contributed by atoms with van der Waals surface area (Å²) in [5, 5.41) is 25.9. The molecule has 0 unspecified atom stereocenters. The summed E-state index contributed by atoms with van der Waals surface area (Å²) in [6.07, 6.45) is -6.34. The van der Waals surface area contributed by atoms with E-state index >= 15 is 0 Å². The summed E-state index contributed by atoms with van der Waals surface area (Å²) in [5.41, 5.74) is 0. The first-order valence-electron chi connectivity index (χ1n) is 6.16. The highest BCUT2D eigenvalue weighted by Crippen LogP contribution is 2.20. The van der Waals surface area contributed by atoms with Crippen molar-refractivity contribution >= 4 is 0 Å². The summed E-state index contributed by atoms with van der Waals surface area (Å²) < 4.78 is 38.5. The van der Waals surface area contributed by atoms with Gasteiger partial charge in [0.2, 0.25) is 0 Å². The van der Waals surface area contributed by atoms with Crippen LogP contribution in [0.4, 0.5) is 13.2 Å². The second-order valence-corrected chi connectivity index (χ2v) is 4.66. The van der Waals surface area contributed by atoms with E-state index in [2.05, 4.69) is 10.2 Å². The summed E-state index contributed by atoms with van der Waals surface area (Å²) >= 11 is 0. The number of nitrogens with zero attached hydrogens (tertiary/aromatic N) is 4. The van der Waals surface area contributed by atoms with E-state index in [-0.39, 0.29) is 19.6 Å². The lowest BCUT2D eigenvalue weighted by molar-refractivity contribution is -0.139. The van der Waals surface area contributed by atoms with Gasteiger partial charge < -0.3 is 14.8 Å². The third-order valence-corrected chi connectivity index (χ3v) is 2.94. The van der Waals surface area contributed by atoms with Crippen molar-refractivity contribution in [2.45, 2.75) is 32.2 Å². The Labute approximate surface area is 114 Å². The molecule has 0 amide bonds. The predicted molar refractivity (Wildman–Crippen MR) is 64.8 cm³/mol. The third kappa shape index (κ3) is 5.43. The number of rotatable bonds is 7. The van der Waals surface area contributed by atoms with Gasteiger partial charge in [0.05, 0.1) is 25.7 Å². The average Bonchev–Trinajstić information content (AvgIpc) is 2.66. The molecule has 1 atom stereocenters. The molecular weight excluding hydrogens is 277 g/mol. The maximum absolute atomic E-state index is 12.3. The Hall–Kier alpha value is -1.19. The van der Waals surface area contributed by atoms with E-state index in [1.165, 1.54) is 4.90 Å². The topological polar surface area (TPSA) is 74.4 Å². The van der Waals surface area contributed by atoms with Gasteiger partial charge in [0, 0.05) is 20.1 Å². The highest BCUT2D eigenvalue weighted by Gasteiger charge is 2.28. The van der Waals surface area contributed by atoms with Crippen molar-refractivity contribution in [3.05, 3.63) is 11.6 Å². The molecule has 0 spiro atoms. The minimum Gasteiger partial charge on any atom is -0.394 e. The van der Waals surface area contributed by atoms with Crippen molar-refractivity contribution in [2.24, 2.45) is 7.05 Å². The van der Waals surface area contributed by atoms with Crippen LogP contribution in [0.3, 0.4) is 0 Å². The van der Waals surface area contributed by atoms with Crippen LogP contribution in [0.15, 0.2) is 0 Å². The SMILES string of the molecule is Cc1nnc(CN(CCC(F)(F)F)C[C@H](O)CO)n1C. The number of hydrogen-bond acceptors (Lipinski definition) is 5. The second kappa shape index (κ2) is 7.00. The van der Waals surface area contributed by atoms with Crippen LogP contribution in [0, 0.1) is 6.92 Å². The van der Waals surface area contributed by atoms with Gasteiger partial charge in [-0.1, -0.05) is 0 Å². The van der Waals surface area contributed by atoms with Crippen molar-refractivity contribution < 1.29 is 23.4 Å². The predicted octanol–water partition coefficient (Wildman–Crippen LogP) is 0.231. The average molecular weight is 296 g/mol. The molecule has 0 fully saturated rings. The van der Waals surface area contributed by atoms with Crippen LogP contribution < -0.4 is 0 Å². The summed E-state index contributed by atoms with van der Waals surface area (Å²) in [5.74, 6) is 1.16. The second-order valence-electron chi connectivity index (χ2n) is 4.66. The Bertz CT molecular complexity index is 422. The van der Waals surface area contributed by atoms with Crippen LogP contribution in [0.2, 0.25) is 0 Å². The van der Waals surface area contributed by atoms with Crippen LogP contribution in [0.5, 0.6) is 0 Å². The van der Waals surface area contributed by atoms with Gasteiger partial charge in [0.1, 0.15) is 11.6 Å². The Morgan fingerprint density at radius 2 is 2.00 bits per heavy atom. The van der Waals surface area contributed by atoms with Gasteiger partial charge in [-0.15, -0.1) is 10.2 Å². The van der Waals surface area contributed by atoms with Crippen molar-refractivity contribution in [1.29, 1.82) is 0 Å². The highest BCUT2D eigenvalue weighted by atomic mass is 19.4. The van der Waals surface area contributed by atoms with Gasteiger partial charge in [-0.3, -0.25) is 4.90 Å². The van der Waals surface area contributed by atoms with E-state index in [9.17, 15) is 18.3 Å². The fraction of sp³-hybridized carbons (Fsp3) is 0.818. The fourth-order valence-corrected chi connectivity index (χ4v) is 1.66. The first-order valence-corrected chi connectivity index (χ1v) is 6.16. The van der Waals surface area contributed by atoms with Gasteiger partial charge in [0.15, 0.2) is 0 Å². The first-order chi connectivity index (χ1) is 9.23. The molecule has 1 heterocycles. The Kier molecular flexibility index (Phi) is 5.90. The molecule has 0 aliphatic carbocycles. The molecule has 0 bridgehead atoms. The molecule has 20 heavy (non-hydrogen) atoms. The maximum Gasteiger partial charge on any atom is 0.390 e. The number of hydrogen-bond donors (Lipinski definition) is 2. The molecule has 2 N–H and O–H groups in total. The molecule has 0 saturated carbocycles. The van der Waals surface area contributed by atoms with Crippen LogP contribution >= 0.6 is 0 Å². The molecule has 0 saturated heterocycles. The number of halogens is 3. The Morgan fingerprint density at radius 1 is 1.35 bits per heavy atom. The summed E-state index contributed by atoms with van der Waals surface area (Å²) in [4.78, 5) is 1.40. The lowest BCUT2D eigenvalue weighted by Crippen LogP contribution is -2.36. The zero-order valence-corrected chi connectivity index (χ0v) is 11.4. The molecule has 0 aliphatic rings. The van der Waals surface area contributed by atoms with Gasteiger partial charge in [-0.25, -0.2) is 0 Å². The monoisotopic (exact) mass is 296 g/mol. The van der Waals surface area contributed by atoms with Crippen molar-refractivity contribution in [1.82, 2.24) is 19.7 Å². The van der Waals surface area contributed by atoms with E-state index in [1.54, 1.807) is 18.5 Å². The van der Waals surface area contributed by atoms with Crippen LogP contribution in [-0.2, 0) is 13.6 Å². The van der Waals surface area contributed by atoms with E-state index < -0.39 is 25.3 Å². The quantitative estimate of drug-likeness (QED) is 0.753. The number of alkyl halides is 3. The first kappa shape index (κ1) is 16.9. The number of aryl methyl sites for hydroxylation is 1. The molecular formula is C11H19F3N4O2. The molecule has 6 nitrogen and oxygen atoms in total. The molecule has 1 aromatic heterocycles. The molecule has 116 valence electrons. The normalized spacial score (nSPS) is 14.0. The molecule has 1 rings (SSSR count).